The van der Waals surface area contributed by atoms with Crippen molar-refractivity contribution in [3.8, 4) is 0 Å². The lowest BCUT2D eigenvalue weighted by Crippen LogP contribution is -2.24. The minimum absolute atomic E-state index is 0. The molecule has 1 aromatic heterocycles. The van der Waals surface area contributed by atoms with E-state index in [0.717, 1.165) is 6.54 Å². The van der Waals surface area contributed by atoms with Gasteiger partial charge in [-0.2, -0.15) is 0 Å². The number of rotatable bonds is 3. The van der Waals surface area contributed by atoms with Crippen molar-refractivity contribution in [2.45, 2.75) is 31.8 Å². The van der Waals surface area contributed by atoms with Gasteiger partial charge in [0.05, 0.1) is 0 Å². The van der Waals surface area contributed by atoms with Gasteiger partial charge in [-0.15, -0.1) is 17.0 Å². The van der Waals surface area contributed by atoms with Crippen molar-refractivity contribution in [1.82, 2.24) is 10.3 Å². The van der Waals surface area contributed by atoms with Gasteiger partial charge in [0.2, 0.25) is 0 Å². The largest absolute Gasteiger partial charge is 0.306 e. The fourth-order valence-electron chi connectivity index (χ4n) is 2.71. The fourth-order valence-corrected chi connectivity index (χ4v) is 2.71. The van der Waals surface area contributed by atoms with Crippen molar-refractivity contribution in [2.75, 3.05) is 0 Å². The maximum Gasteiger partial charge on any atom is 0.0326 e. The summed E-state index contributed by atoms with van der Waals surface area (Å²) in [5.41, 5.74) is 4.24. The molecule has 1 aliphatic rings. The van der Waals surface area contributed by atoms with Gasteiger partial charge in [0.15, 0.2) is 0 Å². The van der Waals surface area contributed by atoms with Gasteiger partial charge in [0.1, 0.15) is 0 Å². The number of nitrogens with one attached hydrogen (secondary N) is 1. The molecule has 0 saturated heterocycles. The van der Waals surface area contributed by atoms with Crippen LogP contribution in [0.1, 0.15) is 35.6 Å². The van der Waals surface area contributed by atoms with Crippen molar-refractivity contribution in [3.63, 3.8) is 0 Å². The maximum absolute atomic E-state index is 4.15. The highest BCUT2D eigenvalue weighted by atomic mass is 79.9. The summed E-state index contributed by atoms with van der Waals surface area (Å²) in [6.45, 7) is 0.896. The topological polar surface area (TPSA) is 24.9 Å². The Bertz CT molecular complexity index is 513. The van der Waals surface area contributed by atoms with Gasteiger partial charge < -0.3 is 5.32 Å². The van der Waals surface area contributed by atoms with Gasteiger partial charge in [-0.05, 0) is 42.0 Å². The van der Waals surface area contributed by atoms with E-state index >= 15 is 0 Å². The van der Waals surface area contributed by atoms with Gasteiger partial charge in [-0.1, -0.05) is 30.3 Å². The second-order valence-electron chi connectivity index (χ2n) is 4.89. The summed E-state index contributed by atoms with van der Waals surface area (Å²) in [5, 5.41) is 3.65. The van der Waals surface area contributed by atoms with Gasteiger partial charge in [0.25, 0.3) is 0 Å². The Balaban J connectivity index is 0.00000133. The lowest BCUT2D eigenvalue weighted by atomic mass is 9.88. The van der Waals surface area contributed by atoms with E-state index in [2.05, 4.69) is 40.6 Å². The molecule has 1 N–H and O–H groups in total. The van der Waals surface area contributed by atoms with E-state index in [1.807, 2.05) is 18.5 Å². The van der Waals surface area contributed by atoms with Crippen LogP contribution in [0.5, 0.6) is 0 Å². The number of aryl methyl sites for hydroxylation is 1. The molecule has 0 radical (unpaired) electrons. The van der Waals surface area contributed by atoms with Crippen LogP contribution >= 0.6 is 17.0 Å². The van der Waals surface area contributed by atoms with Crippen LogP contribution in [-0.2, 0) is 13.0 Å². The quantitative estimate of drug-likeness (QED) is 0.930. The standard InChI is InChI=1S/C16H18N2.BrH/c1-2-8-15-14(6-1)7-3-9-16(15)18-12-13-5-4-10-17-11-13;/h1-2,4-6,8,10-11,16,18H,3,7,9,12H2;1H. The fraction of sp³-hybridized carbons (Fsp3) is 0.312. The summed E-state index contributed by atoms with van der Waals surface area (Å²) in [4.78, 5) is 4.15. The van der Waals surface area contributed by atoms with Gasteiger partial charge in [0, 0.05) is 25.0 Å². The van der Waals surface area contributed by atoms with E-state index in [9.17, 15) is 0 Å². The molecule has 2 nitrogen and oxygen atoms in total. The second kappa shape index (κ2) is 6.83. The minimum Gasteiger partial charge on any atom is -0.306 e. The molecule has 0 spiro atoms. The number of halogens is 1. The molecular formula is C16H19BrN2. The van der Waals surface area contributed by atoms with Crippen molar-refractivity contribution >= 4 is 17.0 Å². The number of nitrogens with zero attached hydrogens (tertiary/aromatic N) is 1. The molecule has 3 heteroatoms. The van der Waals surface area contributed by atoms with E-state index in [1.54, 1.807) is 0 Å². The summed E-state index contributed by atoms with van der Waals surface area (Å²) < 4.78 is 0. The average Bonchev–Trinajstić information content (AvgIpc) is 2.46. The van der Waals surface area contributed by atoms with Crippen LogP contribution in [0.15, 0.2) is 48.8 Å². The molecule has 0 amide bonds. The Morgan fingerprint density at radius 2 is 2.05 bits per heavy atom. The zero-order chi connectivity index (χ0) is 12.2. The highest BCUT2D eigenvalue weighted by Gasteiger charge is 2.18. The SMILES string of the molecule is Br.c1cncc(CNC2CCCc3ccccc32)c1. The van der Waals surface area contributed by atoms with Crippen molar-refractivity contribution < 1.29 is 0 Å². The second-order valence-corrected chi connectivity index (χ2v) is 4.89. The third kappa shape index (κ3) is 3.43. The monoisotopic (exact) mass is 318 g/mol. The Hall–Kier alpha value is -1.19. The maximum atomic E-state index is 4.15. The van der Waals surface area contributed by atoms with Crippen LogP contribution in [0.25, 0.3) is 0 Å². The molecular weight excluding hydrogens is 300 g/mol. The normalized spacial score (nSPS) is 17.4. The van der Waals surface area contributed by atoms with Gasteiger partial charge in [-0.3, -0.25) is 4.98 Å². The van der Waals surface area contributed by atoms with E-state index in [1.165, 1.54) is 36.0 Å². The molecule has 100 valence electrons. The minimum atomic E-state index is 0. The van der Waals surface area contributed by atoms with Gasteiger partial charge in [-0.25, -0.2) is 0 Å². The number of hydrogen-bond acceptors (Lipinski definition) is 2. The predicted octanol–water partition coefficient (Wildman–Crippen LogP) is 3.83. The Labute approximate surface area is 125 Å². The van der Waals surface area contributed by atoms with Crippen LogP contribution in [0, 0.1) is 0 Å². The lowest BCUT2D eigenvalue weighted by Gasteiger charge is -2.26. The average molecular weight is 319 g/mol. The van der Waals surface area contributed by atoms with Crippen LogP contribution < -0.4 is 5.32 Å². The summed E-state index contributed by atoms with van der Waals surface area (Å²) in [7, 11) is 0. The number of hydrogen-bond donors (Lipinski definition) is 1. The molecule has 0 fully saturated rings. The van der Waals surface area contributed by atoms with Crippen molar-refractivity contribution in [3.05, 3.63) is 65.5 Å². The zero-order valence-corrected chi connectivity index (χ0v) is 12.6. The zero-order valence-electron chi connectivity index (χ0n) is 10.9. The summed E-state index contributed by atoms with van der Waals surface area (Å²) >= 11 is 0. The van der Waals surface area contributed by atoms with Crippen LogP contribution in [0.3, 0.4) is 0 Å². The van der Waals surface area contributed by atoms with E-state index < -0.39 is 0 Å². The number of benzene rings is 1. The number of aromatic nitrogens is 1. The summed E-state index contributed by atoms with van der Waals surface area (Å²) in [6, 6.07) is 13.4. The predicted molar refractivity (Wildman–Crippen MR) is 83.5 cm³/mol. The van der Waals surface area contributed by atoms with Crippen molar-refractivity contribution in [1.29, 1.82) is 0 Å². The molecule has 1 atom stereocenters. The molecule has 2 aromatic rings. The van der Waals surface area contributed by atoms with E-state index in [-0.39, 0.29) is 17.0 Å². The van der Waals surface area contributed by atoms with Crippen LogP contribution in [0.4, 0.5) is 0 Å². The molecule has 0 aliphatic heterocycles. The van der Waals surface area contributed by atoms with E-state index in [4.69, 9.17) is 0 Å². The molecule has 1 aliphatic carbocycles. The van der Waals surface area contributed by atoms with Crippen molar-refractivity contribution in [2.24, 2.45) is 0 Å². The molecule has 0 saturated carbocycles. The molecule has 3 rings (SSSR count). The first kappa shape index (κ1) is 14.2. The lowest BCUT2D eigenvalue weighted by molar-refractivity contribution is 0.459. The first-order valence-corrected chi connectivity index (χ1v) is 6.63. The van der Waals surface area contributed by atoms with Gasteiger partial charge >= 0.3 is 0 Å². The molecule has 1 aromatic carbocycles. The first-order chi connectivity index (χ1) is 8.93. The van der Waals surface area contributed by atoms with E-state index in [0.29, 0.717) is 6.04 Å². The number of pyridine rings is 1. The Morgan fingerprint density at radius 1 is 1.16 bits per heavy atom. The van der Waals surface area contributed by atoms with Crippen LogP contribution in [-0.4, -0.2) is 4.98 Å². The molecule has 1 unspecified atom stereocenters. The number of fused-ring (bicyclic) bond motifs is 1. The summed E-state index contributed by atoms with van der Waals surface area (Å²) in [6.07, 6.45) is 7.49. The Morgan fingerprint density at radius 3 is 2.89 bits per heavy atom. The van der Waals surface area contributed by atoms with Crippen LogP contribution in [0.2, 0.25) is 0 Å². The highest BCUT2D eigenvalue weighted by molar-refractivity contribution is 8.93. The first-order valence-electron chi connectivity index (χ1n) is 6.63. The Kier molecular flexibility index (Phi) is 5.11. The molecule has 19 heavy (non-hydrogen) atoms. The molecule has 0 bridgehead atoms. The third-order valence-corrected chi connectivity index (χ3v) is 3.64. The highest BCUT2D eigenvalue weighted by Crippen LogP contribution is 2.29. The molecule has 1 heterocycles. The third-order valence-electron chi connectivity index (χ3n) is 3.64. The summed E-state index contributed by atoms with van der Waals surface area (Å²) in [5.74, 6) is 0. The smallest absolute Gasteiger partial charge is 0.0326 e.